The van der Waals surface area contributed by atoms with Gasteiger partial charge in [-0.25, -0.2) is 0 Å². The number of rotatable bonds is 5. The van der Waals surface area contributed by atoms with Crippen molar-refractivity contribution >= 4 is 12.0 Å². The number of benzene rings is 1. The molecule has 2 atom stereocenters. The number of phenolic OH excluding ortho intramolecular Hbond substituents is 1. The Morgan fingerprint density at radius 3 is 2.40 bits per heavy atom. The summed E-state index contributed by atoms with van der Waals surface area (Å²) in [7, 11) is 2.84. The average Bonchev–Trinajstić information content (AvgIpc) is 2.62. The summed E-state index contributed by atoms with van der Waals surface area (Å²) in [5, 5.41) is 22.3. The van der Waals surface area contributed by atoms with Crippen LogP contribution in [0.15, 0.2) is 17.7 Å². The van der Waals surface area contributed by atoms with Crippen molar-refractivity contribution in [1.82, 2.24) is 5.32 Å². The number of amides is 1. The van der Waals surface area contributed by atoms with Gasteiger partial charge in [-0.2, -0.15) is 5.26 Å². The molecule has 1 saturated carbocycles. The minimum Gasteiger partial charge on any atom is -0.502 e. The maximum atomic E-state index is 12.5. The van der Waals surface area contributed by atoms with Crippen LogP contribution in [0, 0.1) is 17.2 Å². The standard InChI is InChI=1S/C19H24N2O4/c1-12-6-4-5-7-15(12)21-19(23)14(11-20)8-13-9-16(24-2)18(22)17(10-13)25-3/h8-10,12,15,22H,4-7H2,1-3H3,(H,21,23)/b14-8+/t12-,15+/m1/s1. The normalized spacial score (nSPS) is 20.5. The Labute approximate surface area is 148 Å². The molecule has 2 N–H and O–H groups in total. The van der Waals surface area contributed by atoms with Crippen molar-refractivity contribution in [3.05, 3.63) is 23.3 Å². The molecule has 134 valence electrons. The number of aromatic hydroxyl groups is 1. The Kier molecular flexibility index (Phi) is 6.29. The van der Waals surface area contributed by atoms with E-state index in [1.165, 1.54) is 26.7 Å². The second-order valence-corrected chi connectivity index (χ2v) is 6.29. The number of ether oxygens (including phenoxy) is 2. The molecule has 6 heteroatoms. The lowest BCUT2D eigenvalue weighted by Crippen LogP contribution is -2.41. The molecule has 0 aliphatic heterocycles. The zero-order valence-electron chi connectivity index (χ0n) is 14.8. The summed E-state index contributed by atoms with van der Waals surface area (Å²) in [5.74, 6) is 0.327. The SMILES string of the molecule is COc1cc(/C=C(\C#N)C(=O)N[C@H]2CCCC[C@H]2C)cc(OC)c1O. The largest absolute Gasteiger partial charge is 0.502 e. The molecule has 1 aromatic rings. The lowest BCUT2D eigenvalue weighted by molar-refractivity contribution is -0.118. The summed E-state index contributed by atoms with van der Waals surface area (Å²) in [6.45, 7) is 2.12. The summed E-state index contributed by atoms with van der Waals surface area (Å²) in [6.07, 6.45) is 5.76. The molecule has 0 radical (unpaired) electrons. The predicted octanol–water partition coefficient (Wildman–Crippen LogP) is 3.01. The molecule has 0 saturated heterocycles. The highest BCUT2D eigenvalue weighted by Crippen LogP contribution is 2.37. The second-order valence-electron chi connectivity index (χ2n) is 6.29. The second kappa shape index (κ2) is 8.43. The van der Waals surface area contributed by atoms with E-state index in [2.05, 4.69) is 12.2 Å². The van der Waals surface area contributed by atoms with Crippen LogP contribution in [-0.4, -0.2) is 31.3 Å². The summed E-state index contributed by atoms with van der Waals surface area (Å²) >= 11 is 0. The van der Waals surface area contributed by atoms with Crippen molar-refractivity contribution < 1.29 is 19.4 Å². The van der Waals surface area contributed by atoms with Crippen molar-refractivity contribution in [1.29, 1.82) is 5.26 Å². The first-order valence-electron chi connectivity index (χ1n) is 8.37. The Morgan fingerprint density at radius 2 is 1.88 bits per heavy atom. The molecule has 0 aromatic heterocycles. The highest BCUT2D eigenvalue weighted by Gasteiger charge is 2.24. The summed E-state index contributed by atoms with van der Waals surface area (Å²) in [6, 6.07) is 5.14. The Hall–Kier alpha value is -2.68. The quantitative estimate of drug-likeness (QED) is 0.633. The van der Waals surface area contributed by atoms with Gasteiger partial charge >= 0.3 is 0 Å². The minimum absolute atomic E-state index is 0.00701. The van der Waals surface area contributed by atoms with Crippen LogP contribution in [0.3, 0.4) is 0 Å². The highest BCUT2D eigenvalue weighted by molar-refractivity contribution is 6.02. The van der Waals surface area contributed by atoms with E-state index in [1.54, 1.807) is 12.1 Å². The van der Waals surface area contributed by atoms with Crippen LogP contribution in [0.2, 0.25) is 0 Å². The van der Waals surface area contributed by atoms with E-state index in [1.807, 2.05) is 6.07 Å². The van der Waals surface area contributed by atoms with E-state index >= 15 is 0 Å². The number of hydrogen-bond acceptors (Lipinski definition) is 5. The van der Waals surface area contributed by atoms with E-state index in [-0.39, 0.29) is 34.8 Å². The molecule has 1 amide bonds. The predicted molar refractivity (Wildman–Crippen MR) is 94.4 cm³/mol. The van der Waals surface area contributed by atoms with Crippen LogP contribution in [0.4, 0.5) is 0 Å². The molecular formula is C19H24N2O4. The molecule has 1 aliphatic carbocycles. The number of carbonyl (C=O) groups is 1. The Morgan fingerprint density at radius 1 is 1.28 bits per heavy atom. The number of methoxy groups -OCH3 is 2. The highest BCUT2D eigenvalue weighted by atomic mass is 16.5. The smallest absolute Gasteiger partial charge is 0.262 e. The monoisotopic (exact) mass is 344 g/mol. The molecule has 1 aliphatic rings. The minimum atomic E-state index is -0.382. The van der Waals surface area contributed by atoms with Crippen molar-refractivity contribution in [2.24, 2.45) is 5.92 Å². The molecule has 1 fully saturated rings. The fraction of sp³-hybridized carbons (Fsp3) is 0.474. The molecule has 25 heavy (non-hydrogen) atoms. The molecule has 6 nitrogen and oxygen atoms in total. The Balaban J connectivity index is 2.24. The number of phenols is 1. The first kappa shape index (κ1) is 18.7. The zero-order valence-corrected chi connectivity index (χ0v) is 14.8. The average molecular weight is 344 g/mol. The van der Waals surface area contributed by atoms with Crippen LogP contribution >= 0.6 is 0 Å². The van der Waals surface area contributed by atoms with Crippen LogP contribution in [-0.2, 0) is 4.79 Å². The van der Waals surface area contributed by atoms with Crippen LogP contribution in [0.25, 0.3) is 6.08 Å². The van der Waals surface area contributed by atoms with E-state index < -0.39 is 0 Å². The summed E-state index contributed by atoms with van der Waals surface area (Å²) < 4.78 is 10.2. The van der Waals surface area contributed by atoms with E-state index in [9.17, 15) is 15.2 Å². The fourth-order valence-corrected chi connectivity index (χ4v) is 3.09. The van der Waals surface area contributed by atoms with Gasteiger partial charge in [0.2, 0.25) is 5.75 Å². The van der Waals surface area contributed by atoms with E-state index in [0.29, 0.717) is 11.5 Å². The molecule has 0 spiro atoms. The maximum Gasteiger partial charge on any atom is 0.262 e. The van der Waals surface area contributed by atoms with Crippen LogP contribution in [0.5, 0.6) is 17.2 Å². The third kappa shape index (κ3) is 4.44. The van der Waals surface area contributed by atoms with Gasteiger partial charge in [0.1, 0.15) is 11.6 Å². The van der Waals surface area contributed by atoms with Gasteiger partial charge in [-0.05, 0) is 42.5 Å². The third-order valence-corrected chi connectivity index (χ3v) is 4.61. The van der Waals surface area contributed by atoms with Crippen LogP contribution in [0.1, 0.15) is 38.2 Å². The summed E-state index contributed by atoms with van der Waals surface area (Å²) in [5.41, 5.74) is 0.544. The number of nitriles is 1. The lowest BCUT2D eigenvalue weighted by atomic mass is 9.86. The van der Waals surface area contributed by atoms with E-state index in [0.717, 1.165) is 19.3 Å². The first-order valence-corrected chi connectivity index (χ1v) is 8.37. The lowest BCUT2D eigenvalue weighted by Gasteiger charge is -2.29. The molecular weight excluding hydrogens is 320 g/mol. The van der Waals surface area contributed by atoms with Crippen molar-refractivity contribution in [2.75, 3.05) is 14.2 Å². The first-order chi connectivity index (χ1) is 12.0. The zero-order chi connectivity index (χ0) is 18.4. The van der Waals surface area contributed by atoms with Gasteiger partial charge in [0.25, 0.3) is 5.91 Å². The van der Waals surface area contributed by atoms with Gasteiger partial charge in [-0.1, -0.05) is 19.8 Å². The van der Waals surface area contributed by atoms with Gasteiger partial charge in [0.05, 0.1) is 14.2 Å². The van der Waals surface area contributed by atoms with Crippen molar-refractivity contribution in [3.8, 4) is 23.3 Å². The number of nitrogens with zero attached hydrogens (tertiary/aromatic N) is 1. The molecule has 1 aromatic carbocycles. The van der Waals surface area contributed by atoms with Gasteiger partial charge in [0.15, 0.2) is 11.5 Å². The van der Waals surface area contributed by atoms with E-state index in [4.69, 9.17) is 9.47 Å². The maximum absolute atomic E-state index is 12.5. The van der Waals surface area contributed by atoms with Crippen molar-refractivity contribution in [3.63, 3.8) is 0 Å². The molecule has 0 bridgehead atoms. The number of hydrogen-bond donors (Lipinski definition) is 2. The van der Waals surface area contributed by atoms with Gasteiger partial charge in [0, 0.05) is 6.04 Å². The van der Waals surface area contributed by atoms with Crippen LogP contribution < -0.4 is 14.8 Å². The van der Waals surface area contributed by atoms with Crippen molar-refractivity contribution in [2.45, 2.75) is 38.6 Å². The molecule has 2 rings (SSSR count). The topological polar surface area (TPSA) is 91.6 Å². The number of carbonyl (C=O) groups excluding carboxylic acids is 1. The summed E-state index contributed by atoms with van der Waals surface area (Å²) in [4.78, 5) is 12.5. The molecule has 0 unspecified atom stereocenters. The fourth-order valence-electron chi connectivity index (χ4n) is 3.09. The number of nitrogens with one attached hydrogen (secondary N) is 1. The van der Waals surface area contributed by atoms with Gasteiger partial charge in [-0.3, -0.25) is 4.79 Å². The van der Waals surface area contributed by atoms with Gasteiger partial charge < -0.3 is 19.9 Å². The Bertz CT molecular complexity index is 681. The third-order valence-electron chi connectivity index (χ3n) is 4.61. The van der Waals surface area contributed by atoms with Gasteiger partial charge in [-0.15, -0.1) is 0 Å². The molecule has 0 heterocycles.